The average molecular weight is 415 g/mol. The Kier molecular flexibility index (Phi) is 7.45. The van der Waals surface area contributed by atoms with Crippen molar-refractivity contribution >= 4 is 23.2 Å². The highest BCUT2D eigenvalue weighted by molar-refractivity contribution is 7.10. The minimum atomic E-state index is -0.130. The molecule has 2 amide bonds. The molecule has 1 aliphatic heterocycles. The molecule has 0 aliphatic carbocycles. The van der Waals surface area contributed by atoms with E-state index in [2.05, 4.69) is 37.4 Å². The van der Waals surface area contributed by atoms with Gasteiger partial charge in [0.25, 0.3) is 0 Å². The number of aryl methyl sites for hydroxylation is 1. The molecule has 0 bridgehead atoms. The van der Waals surface area contributed by atoms with Gasteiger partial charge in [0, 0.05) is 25.1 Å². The Hall–Kier alpha value is -2.18. The summed E-state index contributed by atoms with van der Waals surface area (Å²) < 4.78 is 5.02. The maximum atomic E-state index is 13.4. The molecule has 0 fully saturated rings. The van der Waals surface area contributed by atoms with E-state index in [0.29, 0.717) is 13.1 Å². The summed E-state index contributed by atoms with van der Waals surface area (Å²) in [4.78, 5) is 30.8. The quantitative estimate of drug-likeness (QED) is 0.660. The zero-order valence-corrected chi connectivity index (χ0v) is 18.3. The predicted molar refractivity (Wildman–Crippen MR) is 116 cm³/mol. The first-order valence-corrected chi connectivity index (χ1v) is 11.1. The van der Waals surface area contributed by atoms with Crippen LogP contribution in [0.4, 0.5) is 0 Å². The van der Waals surface area contributed by atoms with Crippen molar-refractivity contribution in [3.63, 3.8) is 0 Å². The molecular weight excluding hydrogens is 384 g/mol. The molecule has 1 aromatic heterocycles. The lowest BCUT2D eigenvalue weighted by Crippen LogP contribution is -2.47. The number of hydrogen-bond acceptors (Lipinski definition) is 4. The molecular formula is C23H30N2O3S. The predicted octanol–water partition coefficient (Wildman–Crippen LogP) is 3.81. The Morgan fingerprint density at radius 3 is 2.76 bits per heavy atom. The second kappa shape index (κ2) is 10.0. The summed E-state index contributed by atoms with van der Waals surface area (Å²) in [6.45, 7) is 5.53. The van der Waals surface area contributed by atoms with Gasteiger partial charge in [0.15, 0.2) is 0 Å². The number of ether oxygens (including phenoxy) is 1. The molecule has 3 rings (SSSR count). The highest BCUT2D eigenvalue weighted by Crippen LogP contribution is 2.38. The van der Waals surface area contributed by atoms with Crippen molar-refractivity contribution in [1.29, 1.82) is 0 Å². The van der Waals surface area contributed by atoms with Crippen molar-refractivity contribution in [2.75, 3.05) is 33.4 Å². The molecule has 29 heavy (non-hydrogen) atoms. The van der Waals surface area contributed by atoms with Crippen molar-refractivity contribution < 1.29 is 14.3 Å². The van der Waals surface area contributed by atoms with E-state index in [1.807, 2.05) is 17.0 Å². The van der Waals surface area contributed by atoms with E-state index in [4.69, 9.17) is 4.74 Å². The number of unbranched alkanes of at least 4 members (excludes halogenated alkanes) is 1. The number of rotatable bonds is 8. The standard InChI is InChI=1S/C23H30N2O3S/c1-4-5-12-24(22(27)16-28-3)15-21(26)25-13-10-20-19(11-14-29-20)23(25)18-9-7-6-8-17(18)2/h6-9,11,14,23H,4-5,10,12-13,15-16H2,1-3H3. The van der Waals surface area contributed by atoms with E-state index in [9.17, 15) is 9.59 Å². The molecule has 1 unspecified atom stereocenters. The molecule has 156 valence electrons. The van der Waals surface area contributed by atoms with Crippen LogP contribution in [0.5, 0.6) is 0 Å². The van der Waals surface area contributed by atoms with Crippen LogP contribution in [0.2, 0.25) is 0 Å². The zero-order valence-electron chi connectivity index (χ0n) is 17.5. The minimum absolute atomic E-state index is 0.00402. The van der Waals surface area contributed by atoms with Gasteiger partial charge in [-0.05, 0) is 47.9 Å². The van der Waals surface area contributed by atoms with Gasteiger partial charge in [0.1, 0.15) is 6.61 Å². The van der Waals surface area contributed by atoms with Crippen LogP contribution in [0.3, 0.4) is 0 Å². The Morgan fingerprint density at radius 2 is 2.03 bits per heavy atom. The molecule has 0 saturated heterocycles. The van der Waals surface area contributed by atoms with Crippen molar-refractivity contribution in [2.24, 2.45) is 0 Å². The Balaban J connectivity index is 1.87. The SMILES string of the molecule is CCCCN(CC(=O)N1CCc2sccc2C1c1ccccc1C)C(=O)COC. The van der Waals surface area contributed by atoms with E-state index >= 15 is 0 Å². The first kappa shape index (κ1) is 21.5. The van der Waals surface area contributed by atoms with Gasteiger partial charge in [0.05, 0.1) is 12.6 Å². The number of hydrogen-bond donors (Lipinski definition) is 0. The van der Waals surface area contributed by atoms with Gasteiger partial charge >= 0.3 is 0 Å². The summed E-state index contributed by atoms with van der Waals surface area (Å²) in [6, 6.07) is 10.3. The van der Waals surface area contributed by atoms with Crippen LogP contribution in [0, 0.1) is 6.92 Å². The number of benzene rings is 1. The number of amides is 2. The fourth-order valence-electron chi connectivity index (χ4n) is 3.92. The van der Waals surface area contributed by atoms with Crippen LogP contribution >= 0.6 is 11.3 Å². The molecule has 0 N–H and O–H groups in total. The van der Waals surface area contributed by atoms with Crippen molar-refractivity contribution in [1.82, 2.24) is 9.80 Å². The van der Waals surface area contributed by atoms with Gasteiger partial charge in [-0.2, -0.15) is 0 Å². The lowest BCUT2D eigenvalue weighted by Gasteiger charge is -2.38. The number of nitrogens with zero attached hydrogens (tertiary/aromatic N) is 2. The number of carbonyl (C=O) groups is 2. The highest BCUT2D eigenvalue weighted by Gasteiger charge is 2.34. The molecule has 0 spiro atoms. The van der Waals surface area contributed by atoms with Gasteiger partial charge in [0.2, 0.25) is 11.8 Å². The normalized spacial score (nSPS) is 15.8. The maximum absolute atomic E-state index is 13.4. The summed E-state index contributed by atoms with van der Waals surface area (Å²) in [5, 5.41) is 2.11. The van der Waals surface area contributed by atoms with Gasteiger partial charge in [-0.1, -0.05) is 37.6 Å². The van der Waals surface area contributed by atoms with Crippen molar-refractivity contribution in [3.8, 4) is 0 Å². The molecule has 2 heterocycles. The van der Waals surface area contributed by atoms with Gasteiger partial charge in [-0.25, -0.2) is 0 Å². The van der Waals surface area contributed by atoms with E-state index in [-0.39, 0.29) is 31.0 Å². The second-order valence-corrected chi connectivity index (χ2v) is 8.50. The summed E-state index contributed by atoms with van der Waals surface area (Å²) in [5.41, 5.74) is 3.54. The van der Waals surface area contributed by atoms with Gasteiger partial charge < -0.3 is 14.5 Å². The van der Waals surface area contributed by atoms with Gasteiger partial charge in [-0.3, -0.25) is 9.59 Å². The topological polar surface area (TPSA) is 49.9 Å². The summed E-state index contributed by atoms with van der Waals surface area (Å²) in [7, 11) is 1.51. The number of carbonyl (C=O) groups excluding carboxylic acids is 2. The van der Waals surface area contributed by atoms with E-state index < -0.39 is 0 Å². The fourth-order valence-corrected chi connectivity index (χ4v) is 4.83. The van der Waals surface area contributed by atoms with E-state index in [1.54, 1.807) is 16.2 Å². The van der Waals surface area contributed by atoms with Crippen LogP contribution in [-0.4, -0.2) is 55.0 Å². The van der Waals surface area contributed by atoms with Crippen LogP contribution in [0.25, 0.3) is 0 Å². The molecule has 5 nitrogen and oxygen atoms in total. The molecule has 1 aliphatic rings. The molecule has 0 saturated carbocycles. The van der Waals surface area contributed by atoms with Crippen LogP contribution in [0.1, 0.15) is 47.4 Å². The number of methoxy groups -OCH3 is 1. The van der Waals surface area contributed by atoms with Gasteiger partial charge in [-0.15, -0.1) is 11.3 Å². The highest BCUT2D eigenvalue weighted by atomic mass is 32.1. The van der Waals surface area contributed by atoms with Crippen LogP contribution in [0.15, 0.2) is 35.7 Å². The Bertz CT molecular complexity index is 848. The number of thiophene rings is 1. The summed E-state index contributed by atoms with van der Waals surface area (Å²) >= 11 is 1.76. The third kappa shape index (κ3) is 4.87. The largest absolute Gasteiger partial charge is 0.375 e. The third-order valence-electron chi connectivity index (χ3n) is 5.50. The molecule has 1 atom stereocenters. The maximum Gasteiger partial charge on any atom is 0.249 e. The summed E-state index contributed by atoms with van der Waals surface area (Å²) in [5.74, 6) is -0.134. The Labute approximate surface area is 177 Å². The van der Waals surface area contributed by atoms with Crippen molar-refractivity contribution in [2.45, 2.75) is 39.2 Å². The van der Waals surface area contributed by atoms with Crippen LogP contribution < -0.4 is 0 Å². The number of fused-ring (bicyclic) bond motifs is 1. The zero-order chi connectivity index (χ0) is 20.8. The van der Waals surface area contributed by atoms with E-state index in [0.717, 1.165) is 24.8 Å². The first-order valence-electron chi connectivity index (χ1n) is 10.2. The summed E-state index contributed by atoms with van der Waals surface area (Å²) in [6.07, 6.45) is 2.71. The average Bonchev–Trinajstić information content (AvgIpc) is 3.20. The lowest BCUT2D eigenvalue weighted by molar-refractivity contribution is -0.143. The van der Waals surface area contributed by atoms with E-state index in [1.165, 1.54) is 23.1 Å². The lowest BCUT2D eigenvalue weighted by atomic mass is 9.90. The molecule has 6 heteroatoms. The molecule has 2 aromatic rings. The molecule has 0 radical (unpaired) electrons. The smallest absolute Gasteiger partial charge is 0.249 e. The van der Waals surface area contributed by atoms with Crippen LogP contribution in [-0.2, 0) is 20.7 Å². The monoisotopic (exact) mass is 414 g/mol. The van der Waals surface area contributed by atoms with Crippen molar-refractivity contribution in [3.05, 3.63) is 57.3 Å². The Morgan fingerprint density at radius 1 is 1.24 bits per heavy atom. The minimum Gasteiger partial charge on any atom is -0.375 e. The fraction of sp³-hybridized carbons (Fsp3) is 0.478. The first-order chi connectivity index (χ1) is 14.1. The molecule has 1 aromatic carbocycles. The third-order valence-corrected chi connectivity index (χ3v) is 6.49. The second-order valence-electron chi connectivity index (χ2n) is 7.50.